The van der Waals surface area contributed by atoms with Crippen molar-refractivity contribution in [2.45, 2.75) is 26.7 Å². The molecule has 0 unspecified atom stereocenters. The maximum atomic E-state index is 13.2. The molecule has 2 N–H and O–H groups in total. The Morgan fingerprint density at radius 1 is 1.40 bits per heavy atom. The summed E-state index contributed by atoms with van der Waals surface area (Å²) in [5, 5.41) is 0. The van der Waals surface area contributed by atoms with E-state index in [9.17, 15) is 4.39 Å². The Hall–Kier alpha value is -0.890. The average Bonchev–Trinajstić information content (AvgIpc) is 2.72. The van der Waals surface area contributed by atoms with Crippen molar-refractivity contribution in [1.29, 1.82) is 0 Å². The smallest absolute Gasteiger partial charge is 0.123 e. The molecule has 2 heteroatoms. The first kappa shape index (κ1) is 10.6. The molecule has 1 aromatic carbocycles. The average molecular weight is 207 g/mol. The van der Waals surface area contributed by atoms with Gasteiger partial charge in [0.25, 0.3) is 0 Å². The Kier molecular flexibility index (Phi) is 2.34. The summed E-state index contributed by atoms with van der Waals surface area (Å²) in [5.41, 5.74) is 8.27. The van der Waals surface area contributed by atoms with Crippen LogP contribution in [0.1, 0.15) is 30.9 Å². The summed E-state index contributed by atoms with van der Waals surface area (Å²) in [5.74, 6) is 0.783. The molecule has 0 aliphatic heterocycles. The molecule has 1 aromatic rings. The van der Waals surface area contributed by atoms with E-state index in [1.165, 1.54) is 11.6 Å². The number of nitrogens with two attached hydrogens (primary N) is 1. The number of hydrogen-bond donors (Lipinski definition) is 1. The van der Waals surface area contributed by atoms with Crippen LogP contribution in [-0.4, -0.2) is 6.54 Å². The fourth-order valence-electron chi connectivity index (χ4n) is 2.75. The SMILES string of the molecule is Cc1ccc(F)cc1[C@H]1[C@H](CN)C1(C)C. The highest BCUT2D eigenvalue weighted by Gasteiger charge is 2.57. The second-order valence-corrected chi connectivity index (χ2v) is 5.14. The molecule has 0 bridgehead atoms. The van der Waals surface area contributed by atoms with Crippen molar-refractivity contribution in [3.05, 3.63) is 35.1 Å². The predicted octanol–water partition coefficient (Wildman–Crippen LogP) is 2.83. The highest BCUT2D eigenvalue weighted by Crippen LogP contribution is 2.64. The lowest BCUT2D eigenvalue weighted by atomic mass is 9.99. The van der Waals surface area contributed by atoms with Crippen molar-refractivity contribution in [2.75, 3.05) is 6.54 Å². The molecule has 2 rings (SSSR count). The molecule has 1 nitrogen and oxygen atoms in total. The van der Waals surface area contributed by atoms with E-state index in [0.29, 0.717) is 18.4 Å². The van der Waals surface area contributed by atoms with Gasteiger partial charge in [-0.15, -0.1) is 0 Å². The summed E-state index contributed by atoms with van der Waals surface area (Å²) in [6.45, 7) is 7.14. The van der Waals surface area contributed by atoms with Crippen LogP contribution >= 0.6 is 0 Å². The molecule has 0 heterocycles. The zero-order valence-corrected chi connectivity index (χ0v) is 9.55. The minimum atomic E-state index is -0.144. The van der Waals surface area contributed by atoms with Gasteiger partial charge in [-0.1, -0.05) is 19.9 Å². The summed E-state index contributed by atoms with van der Waals surface area (Å²) in [4.78, 5) is 0. The van der Waals surface area contributed by atoms with Gasteiger partial charge >= 0.3 is 0 Å². The number of aryl methyl sites for hydroxylation is 1. The van der Waals surface area contributed by atoms with Gasteiger partial charge in [0, 0.05) is 0 Å². The Morgan fingerprint density at radius 2 is 2.07 bits per heavy atom. The topological polar surface area (TPSA) is 26.0 Å². The minimum Gasteiger partial charge on any atom is -0.330 e. The summed E-state index contributed by atoms with van der Waals surface area (Å²) in [7, 11) is 0. The lowest BCUT2D eigenvalue weighted by molar-refractivity contribution is 0.557. The van der Waals surface area contributed by atoms with E-state index >= 15 is 0 Å². The Bertz CT molecular complexity index is 384. The van der Waals surface area contributed by atoms with E-state index in [2.05, 4.69) is 13.8 Å². The monoisotopic (exact) mass is 207 g/mol. The summed E-state index contributed by atoms with van der Waals surface area (Å²) in [6.07, 6.45) is 0. The fraction of sp³-hybridized carbons (Fsp3) is 0.538. The van der Waals surface area contributed by atoms with Crippen molar-refractivity contribution >= 4 is 0 Å². The second kappa shape index (κ2) is 3.31. The van der Waals surface area contributed by atoms with Gasteiger partial charge < -0.3 is 5.73 Å². The molecular weight excluding hydrogens is 189 g/mol. The molecule has 0 spiro atoms. The van der Waals surface area contributed by atoms with Gasteiger partial charge in [-0.05, 0) is 54.0 Å². The number of hydrogen-bond acceptors (Lipinski definition) is 1. The zero-order chi connectivity index (χ0) is 11.2. The largest absolute Gasteiger partial charge is 0.330 e. The van der Waals surface area contributed by atoms with Crippen LogP contribution in [0.25, 0.3) is 0 Å². The van der Waals surface area contributed by atoms with Gasteiger partial charge in [0.2, 0.25) is 0 Å². The van der Waals surface area contributed by atoms with Crippen LogP contribution < -0.4 is 5.73 Å². The first-order valence-electron chi connectivity index (χ1n) is 5.44. The lowest BCUT2D eigenvalue weighted by Gasteiger charge is -2.07. The lowest BCUT2D eigenvalue weighted by Crippen LogP contribution is -2.05. The maximum absolute atomic E-state index is 13.2. The quantitative estimate of drug-likeness (QED) is 0.793. The van der Waals surface area contributed by atoms with Gasteiger partial charge in [-0.3, -0.25) is 0 Å². The van der Waals surface area contributed by atoms with Crippen molar-refractivity contribution < 1.29 is 4.39 Å². The number of rotatable bonds is 2. The molecule has 82 valence electrons. The van der Waals surface area contributed by atoms with Crippen LogP contribution in [0.2, 0.25) is 0 Å². The molecule has 0 radical (unpaired) electrons. The molecule has 2 atom stereocenters. The molecule has 1 aliphatic rings. The Labute approximate surface area is 90.5 Å². The summed E-state index contributed by atoms with van der Waals surface area (Å²) in [6, 6.07) is 5.04. The minimum absolute atomic E-state index is 0.144. The third kappa shape index (κ3) is 1.57. The van der Waals surface area contributed by atoms with Crippen molar-refractivity contribution in [3.8, 4) is 0 Å². The number of halogens is 1. The third-order valence-corrected chi connectivity index (χ3v) is 3.88. The normalized spacial score (nSPS) is 27.8. The van der Waals surface area contributed by atoms with Crippen molar-refractivity contribution in [2.24, 2.45) is 17.1 Å². The van der Waals surface area contributed by atoms with Crippen LogP contribution in [0.3, 0.4) is 0 Å². The highest BCUT2D eigenvalue weighted by atomic mass is 19.1. The van der Waals surface area contributed by atoms with Gasteiger partial charge in [0.1, 0.15) is 5.82 Å². The molecule has 0 aromatic heterocycles. The predicted molar refractivity (Wildman–Crippen MR) is 60.2 cm³/mol. The van der Waals surface area contributed by atoms with E-state index < -0.39 is 0 Å². The molecule has 1 fully saturated rings. The first-order valence-corrected chi connectivity index (χ1v) is 5.44. The molecule has 1 saturated carbocycles. The van der Waals surface area contributed by atoms with Gasteiger partial charge in [0.15, 0.2) is 0 Å². The fourth-order valence-corrected chi connectivity index (χ4v) is 2.75. The molecule has 0 saturated heterocycles. The number of benzene rings is 1. The molecule has 1 aliphatic carbocycles. The highest BCUT2D eigenvalue weighted by molar-refractivity contribution is 5.38. The molecule has 15 heavy (non-hydrogen) atoms. The van der Waals surface area contributed by atoms with Crippen LogP contribution in [0, 0.1) is 24.1 Å². The van der Waals surface area contributed by atoms with E-state index in [0.717, 1.165) is 5.56 Å². The summed E-state index contributed by atoms with van der Waals surface area (Å²) >= 11 is 0. The third-order valence-electron chi connectivity index (χ3n) is 3.88. The van der Waals surface area contributed by atoms with Crippen molar-refractivity contribution in [1.82, 2.24) is 0 Å². The van der Waals surface area contributed by atoms with Gasteiger partial charge in [0.05, 0.1) is 0 Å². The standard InChI is InChI=1S/C13H18FN/c1-8-4-5-9(14)6-10(8)12-11(7-15)13(12,2)3/h4-6,11-12H,7,15H2,1-3H3/t11-,12-/m0/s1. The van der Waals surface area contributed by atoms with Crippen LogP contribution in [0.15, 0.2) is 18.2 Å². The van der Waals surface area contributed by atoms with E-state index in [1.54, 1.807) is 6.07 Å². The Morgan fingerprint density at radius 3 is 2.60 bits per heavy atom. The molecular formula is C13H18FN. The maximum Gasteiger partial charge on any atom is 0.123 e. The first-order chi connectivity index (χ1) is 6.98. The van der Waals surface area contributed by atoms with E-state index in [1.807, 2.05) is 13.0 Å². The second-order valence-electron chi connectivity index (χ2n) is 5.14. The van der Waals surface area contributed by atoms with Crippen LogP contribution in [0.5, 0.6) is 0 Å². The van der Waals surface area contributed by atoms with E-state index in [-0.39, 0.29) is 11.2 Å². The Balaban J connectivity index is 2.36. The van der Waals surface area contributed by atoms with Gasteiger partial charge in [-0.2, -0.15) is 0 Å². The molecule has 0 amide bonds. The zero-order valence-electron chi connectivity index (χ0n) is 9.55. The van der Waals surface area contributed by atoms with E-state index in [4.69, 9.17) is 5.73 Å². The van der Waals surface area contributed by atoms with Gasteiger partial charge in [-0.25, -0.2) is 4.39 Å². The van der Waals surface area contributed by atoms with Crippen LogP contribution in [-0.2, 0) is 0 Å². The van der Waals surface area contributed by atoms with Crippen LogP contribution in [0.4, 0.5) is 4.39 Å². The van der Waals surface area contributed by atoms with Crippen molar-refractivity contribution in [3.63, 3.8) is 0 Å². The summed E-state index contributed by atoms with van der Waals surface area (Å²) < 4.78 is 13.2.